The Bertz CT molecular complexity index is 1080. The maximum atomic E-state index is 12.6. The molecule has 5 rings (SSSR count). The first-order chi connectivity index (χ1) is 15.2. The highest BCUT2D eigenvalue weighted by Gasteiger charge is 2.34. The molecule has 5 heteroatoms. The van der Waals surface area contributed by atoms with Crippen molar-refractivity contribution in [3.05, 3.63) is 71.8 Å². The second kappa shape index (κ2) is 8.56. The highest BCUT2D eigenvalue weighted by atomic mass is 16.3. The van der Waals surface area contributed by atoms with Gasteiger partial charge < -0.3 is 14.6 Å². The van der Waals surface area contributed by atoms with Crippen LogP contribution in [0, 0.1) is 17.8 Å². The van der Waals surface area contributed by atoms with Gasteiger partial charge in [0.05, 0.1) is 36.8 Å². The molecule has 5 nitrogen and oxygen atoms in total. The van der Waals surface area contributed by atoms with Crippen molar-refractivity contribution in [3.8, 4) is 11.8 Å². The molecule has 1 saturated heterocycles. The van der Waals surface area contributed by atoms with Gasteiger partial charge >= 0.3 is 0 Å². The molecular formula is C26H27N3O2. The van der Waals surface area contributed by atoms with Crippen LogP contribution in [0.4, 0.5) is 0 Å². The second-order valence-electron chi connectivity index (χ2n) is 8.66. The van der Waals surface area contributed by atoms with E-state index in [1.807, 2.05) is 53.8 Å². The summed E-state index contributed by atoms with van der Waals surface area (Å²) in [5.41, 5.74) is 4.63. The summed E-state index contributed by atoms with van der Waals surface area (Å²) in [5, 5.41) is 11.1. The largest absolute Gasteiger partial charge is 0.393 e. The van der Waals surface area contributed by atoms with Crippen molar-refractivity contribution in [2.75, 3.05) is 13.1 Å². The molecule has 1 aromatic carbocycles. The number of aliphatic hydroxyl groups excluding tert-OH is 1. The lowest BCUT2D eigenvalue weighted by Crippen LogP contribution is -2.42. The van der Waals surface area contributed by atoms with E-state index >= 15 is 0 Å². The second-order valence-corrected chi connectivity index (χ2v) is 8.66. The summed E-state index contributed by atoms with van der Waals surface area (Å²) < 4.78 is 2.18. The fourth-order valence-electron chi connectivity index (χ4n) is 5.10. The van der Waals surface area contributed by atoms with E-state index in [1.165, 1.54) is 11.1 Å². The maximum Gasteiger partial charge on any atom is 0.226 e. The Labute approximate surface area is 183 Å². The number of nitrogens with zero attached hydrogens (tertiary/aromatic N) is 3. The van der Waals surface area contributed by atoms with Crippen molar-refractivity contribution < 1.29 is 9.90 Å². The summed E-state index contributed by atoms with van der Waals surface area (Å²) in [5.74, 6) is 6.67. The first kappa shape index (κ1) is 19.8. The van der Waals surface area contributed by atoms with Crippen molar-refractivity contribution in [2.45, 2.75) is 44.2 Å². The van der Waals surface area contributed by atoms with Crippen LogP contribution in [0.5, 0.6) is 0 Å². The van der Waals surface area contributed by atoms with E-state index in [0.29, 0.717) is 12.8 Å². The Morgan fingerprint density at radius 1 is 1.23 bits per heavy atom. The quantitative estimate of drug-likeness (QED) is 0.765. The third-order valence-corrected chi connectivity index (χ3v) is 6.84. The highest BCUT2D eigenvalue weighted by Crippen LogP contribution is 2.42. The average Bonchev–Trinajstić information content (AvgIpc) is 3.28. The van der Waals surface area contributed by atoms with Crippen LogP contribution in [0.15, 0.2) is 60.6 Å². The molecule has 1 aromatic heterocycles. The molecule has 1 aliphatic carbocycles. The number of aromatic nitrogens is 2. The zero-order valence-electron chi connectivity index (χ0n) is 17.6. The van der Waals surface area contributed by atoms with Gasteiger partial charge in [0.15, 0.2) is 0 Å². The number of carbonyl (C=O) groups is 1. The Morgan fingerprint density at radius 2 is 2.03 bits per heavy atom. The van der Waals surface area contributed by atoms with Gasteiger partial charge in [0, 0.05) is 25.1 Å². The summed E-state index contributed by atoms with van der Waals surface area (Å²) in [6, 6.07) is 10.0. The summed E-state index contributed by atoms with van der Waals surface area (Å²) in [4.78, 5) is 18.9. The van der Waals surface area contributed by atoms with E-state index in [9.17, 15) is 9.90 Å². The van der Waals surface area contributed by atoms with Crippen LogP contribution in [0.2, 0.25) is 0 Å². The number of likely N-dealkylation sites (tertiary alicyclic amines) is 1. The number of piperidine rings is 1. The smallest absolute Gasteiger partial charge is 0.226 e. The average molecular weight is 414 g/mol. The fourth-order valence-corrected chi connectivity index (χ4v) is 5.10. The zero-order chi connectivity index (χ0) is 21.2. The van der Waals surface area contributed by atoms with Crippen molar-refractivity contribution in [2.24, 2.45) is 5.92 Å². The van der Waals surface area contributed by atoms with Gasteiger partial charge in [-0.1, -0.05) is 42.2 Å². The number of allylic oxidation sites excluding steroid dienone is 4. The normalized spacial score (nSPS) is 21.2. The molecule has 1 amide bonds. The Morgan fingerprint density at radius 3 is 2.84 bits per heavy atom. The number of aliphatic hydroxyl groups is 1. The van der Waals surface area contributed by atoms with Crippen LogP contribution in [-0.4, -0.2) is 44.7 Å². The van der Waals surface area contributed by atoms with E-state index in [-0.39, 0.29) is 17.9 Å². The summed E-state index contributed by atoms with van der Waals surface area (Å²) in [7, 11) is 0. The van der Waals surface area contributed by atoms with Crippen LogP contribution in [0.1, 0.15) is 43.0 Å². The van der Waals surface area contributed by atoms with Gasteiger partial charge in [-0.25, -0.2) is 4.98 Å². The molecule has 2 aliphatic heterocycles. The number of hydrogen-bond acceptors (Lipinski definition) is 3. The van der Waals surface area contributed by atoms with E-state index in [2.05, 4.69) is 27.5 Å². The van der Waals surface area contributed by atoms with Crippen LogP contribution >= 0.6 is 0 Å². The number of imidazole rings is 1. The molecule has 1 unspecified atom stereocenters. The van der Waals surface area contributed by atoms with Gasteiger partial charge in [-0.2, -0.15) is 0 Å². The van der Waals surface area contributed by atoms with Gasteiger partial charge in [-0.3, -0.25) is 4.79 Å². The Kier molecular flexibility index (Phi) is 5.48. The van der Waals surface area contributed by atoms with Crippen molar-refractivity contribution in [1.82, 2.24) is 14.5 Å². The molecule has 1 fully saturated rings. The maximum absolute atomic E-state index is 12.6. The van der Waals surface area contributed by atoms with E-state index in [0.717, 1.165) is 43.6 Å². The number of carbonyl (C=O) groups excluding carboxylic acids is 1. The monoisotopic (exact) mass is 413 g/mol. The van der Waals surface area contributed by atoms with Crippen LogP contribution in [-0.2, 0) is 11.2 Å². The summed E-state index contributed by atoms with van der Waals surface area (Å²) in [6.07, 6.45) is 10.9. The molecule has 3 heterocycles. The summed E-state index contributed by atoms with van der Waals surface area (Å²) >= 11 is 0. The predicted octanol–water partition coefficient (Wildman–Crippen LogP) is 3.39. The van der Waals surface area contributed by atoms with Crippen molar-refractivity contribution in [3.63, 3.8) is 0 Å². The first-order valence-electron chi connectivity index (χ1n) is 11.1. The van der Waals surface area contributed by atoms with Gasteiger partial charge in [-0.15, -0.1) is 0 Å². The fraction of sp³-hybridized carbons (Fsp3) is 0.385. The molecule has 0 bridgehead atoms. The topological polar surface area (TPSA) is 58.4 Å². The molecule has 0 saturated carbocycles. The molecule has 3 aliphatic rings. The highest BCUT2D eigenvalue weighted by molar-refractivity contribution is 5.80. The number of rotatable bonds is 5. The molecule has 31 heavy (non-hydrogen) atoms. The Hall–Kier alpha value is -3.10. The van der Waals surface area contributed by atoms with E-state index in [4.69, 9.17) is 0 Å². The van der Waals surface area contributed by atoms with Gasteiger partial charge in [-0.05, 0) is 48.5 Å². The lowest BCUT2D eigenvalue weighted by molar-refractivity contribution is -0.132. The van der Waals surface area contributed by atoms with E-state index < -0.39 is 6.10 Å². The van der Waals surface area contributed by atoms with Gasteiger partial charge in [0.25, 0.3) is 0 Å². The number of benzene rings is 1. The van der Waals surface area contributed by atoms with Crippen LogP contribution in [0.3, 0.4) is 0 Å². The molecule has 0 spiro atoms. The third kappa shape index (κ3) is 3.96. The standard InChI is InChI=1S/C26H27N3O2/c30-25(16-23-21-9-5-2-6-10-22(21)24-17-27-18-29(23)24)20-11-13-28(14-12-20)26(31)15-19-7-3-1-4-8-19/h1,3-4,6-8,10,17-18,20,23,25,30H,9,11-16H2/t23?,25-/m1/s1. The Balaban J connectivity index is 1.20. The lowest BCUT2D eigenvalue weighted by Gasteiger charge is -2.35. The minimum Gasteiger partial charge on any atom is -0.393 e. The third-order valence-electron chi connectivity index (χ3n) is 6.84. The van der Waals surface area contributed by atoms with Crippen LogP contribution < -0.4 is 0 Å². The SMILES string of the molecule is O=C(Cc1ccccc1)N1CCC([C@H](O)CC2C3=C(C=CC#CC3)c3cncn32)CC1. The minimum atomic E-state index is -0.404. The van der Waals surface area contributed by atoms with Crippen LogP contribution in [0.25, 0.3) is 5.57 Å². The summed E-state index contributed by atoms with van der Waals surface area (Å²) in [6.45, 7) is 1.44. The van der Waals surface area contributed by atoms with Crippen molar-refractivity contribution >= 4 is 11.5 Å². The number of fused-ring (bicyclic) bond motifs is 2. The predicted molar refractivity (Wildman–Crippen MR) is 120 cm³/mol. The zero-order valence-corrected chi connectivity index (χ0v) is 17.6. The lowest BCUT2D eigenvalue weighted by atomic mass is 9.85. The van der Waals surface area contributed by atoms with Crippen molar-refractivity contribution in [1.29, 1.82) is 0 Å². The molecular weight excluding hydrogens is 386 g/mol. The first-order valence-corrected chi connectivity index (χ1v) is 11.1. The van der Waals surface area contributed by atoms with E-state index in [1.54, 1.807) is 0 Å². The van der Waals surface area contributed by atoms with Gasteiger partial charge in [0.1, 0.15) is 0 Å². The molecule has 2 atom stereocenters. The number of amides is 1. The molecule has 158 valence electrons. The minimum absolute atomic E-state index is 0.109. The molecule has 1 N–H and O–H groups in total. The van der Waals surface area contributed by atoms with Gasteiger partial charge in [0.2, 0.25) is 5.91 Å². The molecule has 0 radical (unpaired) electrons. The number of hydrogen-bond donors (Lipinski definition) is 1. The molecule has 2 aromatic rings.